The number of rotatable bonds is 5. The normalized spacial score (nSPS) is 9.96. The van der Waals surface area contributed by atoms with Gasteiger partial charge in [-0.1, -0.05) is 12.1 Å². The summed E-state index contributed by atoms with van der Waals surface area (Å²) in [6.45, 7) is 2.36. The molecule has 0 aliphatic carbocycles. The highest BCUT2D eigenvalue weighted by Gasteiger charge is 2.14. The molecule has 136 valence electrons. The van der Waals surface area contributed by atoms with Crippen molar-refractivity contribution in [2.45, 2.75) is 6.92 Å². The van der Waals surface area contributed by atoms with Gasteiger partial charge < -0.3 is 15.4 Å². The third kappa shape index (κ3) is 5.15. The van der Waals surface area contributed by atoms with Crippen LogP contribution in [0.4, 0.5) is 5.69 Å². The number of halogens is 1. The molecule has 0 fully saturated rings. The maximum absolute atomic E-state index is 12.4. The van der Waals surface area contributed by atoms with Crippen molar-refractivity contribution >= 4 is 57.4 Å². The summed E-state index contributed by atoms with van der Waals surface area (Å²) in [5.41, 5.74) is 1.43. The van der Waals surface area contributed by atoms with E-state index in [-0.39, 0.29) is 16.9 Å². The van der Waals surface area contributed by atoms with E-state index in [2.05, 4.69) is 38.5 Å². The van der Waals surface area contributed by atoms with Crippen molar-refractivity contribution < 1.29 is 14.3 Å². The molecule has 26 heavy (non-hydrogen) atoms. The minimum Gasteiger partial charge on any atom is -0.496 e. The van der Waals surface area contributed by atoms with Crippen molar-refractivity contribution in [3.63, 3.8) is 0 Å². The molecule has 2 aromatic carbocycles. The maximum atomic E-state index is 12.4. The van der Waals surface area contributed by atoms with Gasteiger partial charge in [-0.05, 0) is 72.1 Å². The van der Waals surface area contributed by atoms with E-state index in [0.29, 0.717) is 29.1 Å². The van der Waals surface area contributed by atoms with E-state index < -0.39 is 0 Å². The lowest BCUT2D eigenvalue weighted by atomic mass is 10.1. The van der Waals surface area contributed by atoms with Gasteiger partial charge in [0.2, 0.25) is 0 Å². The number of anilines is 1. The molecule has 8 heteroatoms. The molecule has 0 radical (unpaired) electrons. The Morgan fingerprint density at radius 3 is 2.54 bits per heavy atom. The molecule has 0 saturated heterocycles. The van der Waals surface area contributed by atoms with Crippen molar-refractivity contribution in [3.05, 3.63) is 57.2 Å². The van der Waals surface area contributed by atoms with E-state index in [1.54, 1.807) is 49.6 Å². The van der Waals surface area contributed by atoms with Crippen LogP contribution < -0.4 is 20.7 Å². The molecule has 2 amide bonds. The van der Waals surface area contributed by atoms with Crippen LogP contribution in [0.15, 0.2) is 42.5 Å². The molecule has 0 heterocycles. The zero-order valence-corrected chi connectivity index (χ0v) is 17.2. The monoisotopic (exact) mass is 483 g/mol. The Balaban J connectivity index is 2.08. The number of benzene rings is 2. The van der Waals surface area contributed by atoms with Gasteiger partial charge in [-0.25, -0.2) is 0 Å². The van der Waals surface area contributed by atoms with E-state index in [4.69, 9.17) is 17.0 Å². The largest absolute Gasteiger partial charge is 0.496 e. The summed E-state index contributed by atoms with van der Waals surface area (Å²) in [5, 5.41) is 8.36. The number of nitrogens with one attached hydrogen (secondary N) is 3. The number of methoxy groups -OCH3 is 1. The van der Waals surface area contributed by atoms with Crippen LogP contribution in [0.25, 0.3) is 0 Å². The lowest BCUT2D eigenvalue weighted by molar-refractivity contribution is 0.0954. The maximum Gasteiger partial charge on any atom is 0.257 e. The van der Waals surface area contributed by atoms with Crippen LogP contribution in [0.5, 0.6) is 5.75 Å². The fourth-order valence-corrected chi connectivity index (χ4v) is 3.12. The van der Waals surface area contributed by atoms with Crippen molar-refractivity contribution in [1.82, 2.24) is 10.6 Å². The van der Waals surface area contributed by atoms with Gasteiger partial charge in [-0.3, -0.25) is 14.9 Å². The molecule has 0 spiro atoms. The van der Waals surface area contributed by atoms with E-state index in [9.17, 15) is 9.59 Å². The average molecular weight is 483 g/mol. The Hall–Kier alpha value is -2.20. The second-order valence-corrected chi connectivity index (χ2v) is 6.73. The molecular weight excluding hydrogens is 465 g/mol. The van der Waals surface area contributed by atoms with E-state index in [0.717, 1.165) is 3.57 Å². The molecule has 0 aliphatic rings. The quantitative estimate of drug-likeness (QED) is 0.450. The lowest BCUT2D eigenvalue weighted by Gasteiger charge is -2.13. The summed E-state index contributed by atoms with van der Waals surface area (Å²) in [6.07, 6.45) is 0. The molecule has 0 aromatic heterocycles. The molecular formula is C18H18IN3O3S. The first-order valence-corrected chi connectivity index (χ1v) is 9.28. The Labute approximate surface area is 170 Å². The second kappa shape index (κ2) is 9.48. The van der Waals surface area contributed by atoms with Gasteiger partial charge in [-0.15, -0.1) is 0 Å². The first kappa shape index (κ1) is 20.1. The highest BCUT2D eigenvalue weighted by molar-refractivity contribution is 14.1. The zero-order chi connectivity index (χ0) is 19.1. The first-order chi connectivity index (χ1) is 12.5. The van der Waals surface area contributed by atoms with Crippen molar-refractivity contribution in [1.29, 1.82) is 0 Å². The summed E-state index contributed by atoms with van der Waals surface area (Å²) < 4.78 is 6.00. The minimum absolute atomic E-state index is 0.109. The third-order valence-electron chi connectivity index (χ3n) is 3.40. The molecule has 3 N–H and O–H groups in total. The van der Waals surface area contributed by atoms with Crippen LogP contribution in [0.2, 0.25) is 0 Å². The number of amides is 2. The van der Waals surface area contributed by atoms with Crippen LogP contribution in [0.1, 0.15) is 27.6 Å². The predicted molar refractivity (Wildman–Crippen MR) is 114 cm³/mol. The lowest BCUT2D eigenvalue weighted by Crippen LogP contribution is -2.35. The third-order valence-corrected chi connectivity index (χ3v) is 4.45. The molecule has 0 bridgehead atoms. The summed E-state index contributed by atoms with van der Waals surface area (Å²) in [7, 11) is 1.57. The predicted octanol–water partition coefficient (Wildman–Crippen LogP) is 3.18. The van der Waals surface area contributed by atoms with Crippen molar-refractivity contribution in [2.24, 2.45) is 0 Å². The highest BCUT2D eigenvalue weighted by atomic mass is 127. The Bertz CT molecular complexity index is 842. The summed E-state index contributed by atoms with van der Waals surface area (Å²) >= 11 is 7.30. The van der Waals surface area contributed by atoms with E-state index in [1.165, 1.54) is 0 Å². The number of ether oxygens (including phenoxy) is 1. The minimum atomic E-state index is -0.349. The SMILES string of the molecule is CCNC(=O)c1ccccc1NC(=S)NC(=O)c1ccc(OC)c(I)c1. The fraction of sp³-hybridized carbons (Fsp3) is 0.167. The Morgan fingerprint density at radius 1 is 1.15 bits per heavy atom. The van der Waals surface area contributed by atoms with E-state index in [1.807, 2.05) is 6.92 Å². The number of carbonyl (C=O) groups is 2. The molecule has 0 saturated carbocycles. The number of hydrogen-bond acceptors (Lipinski definition) is 4. The second-order valence-electron chi connectivity index (χ2n) is 5.16. The van der Waals surface area contributed by atoms with Crippen LogP contribution in [-0.4, -0.2) is 30.6 Å². The molecule has 0 atom stereocenters. The zero-order valence-electron chi connectivity index (χ0n) is 14.3. The van der Waals surface area contributed by atoms with Gasteiger partial charge in [-0.2, -0.15) is 0 Å². The van der Waals surface area contributed by atoms with Gasteiger partial charge in [0.25, 0.3) is 11.8 Å². The molecule has 0 aliphatic heterocycles. The number of hydrogen-bond donors (Lipinski definition) is 3. The Morgan fingerprint density at radius 2 is 1.88 bits per heavy atom. The van der Waals surface area contributed by atoms with Gasteiger partial charge in [0, 0.05) is 12.1 Å². The van der Waals surface area contributed by atoms with Gasteiger partial charge in [0.15, 0.2) is 5.11 Å². The Kier molecular flexibility index (Phi) is 7.34. The summed E-state index contributed by atoms with van der Waals surface area (Å²) in [6, 6.07) is 12.0. The molecule has 6 nitrogen and oxygen atoms in total. The van der Waals surface area contributed by atoms with E-state index >= 15 is 0 Å². The summed E-state index contributed by atoms with van der Waals surface area (Å²) in [4.78, 5) is 24.5. The fourth-order valence-electron chi connectivity index (χ4n) is 2.18. The number of carbonyl (C=O) groups excluding carboxylic acids is 2. The highest BCUT2D eigenvalue weighted by Crippen LogP contribution is 2.21. The number of thiocarbonyl (C=S) groups is 1. The number of para-hydroxylation sites is 1. The smallest absolute Gasteiger partial charge is 0.257 e. The summed E-state index contributed by atoms with van der Waals surface area (Å²) in [5.74, 6) is 0.131. The standard InChI is InChI=1S/C18H18IN3O3S/c1-3-20-17(24)12-6-4-5-7-14(12)21-18(26)22-16(23)11-8-9-15(25-2)13(19)10-11/h4-10H,3H2,1-2H3,(H,20,24)(H2,21,22,23,26). The van der Waals surface area contributed by atoms with Crippen molar-refractivity contribution in [2.75, 3.05) is 19.0 Å². The van der Waals surface area contributed by atoms with Crippen molar-refractivity contribution in [3.8, 4) is 5.75 Å². The van der Waals surface area contributed by atoms with Gasteiger partial charge in [0.1, 0.15) is 5.75 Å². The van der Waals surface area contributed by atoms with Crippen LogP contribution in [0.3, 0.4) is 0 Å². The first-order valence-electron chi connectivity index (χ1n) is 7.79. The van der Waals surface area contributed by atoms with Gasteiger partial charge in [0.05, 0.1) is 21.9 Å². The topological polar surface area (TPSA) is 79.5 Å². The molecule has 2 rings (SSSR count). The van der Waals surface area contributed by atoms with Crippen LogP contribution >= 0.6 is 34.8 Å². The van der Waals surface area contributed by atoms with Gasteiger partial charge >= 0.3 is 0 Å². The molecule has 0 unspecified atom stereocenters. The molecule has 2 aromatic rings. The average Bonchev–Trinajstić information content (AvgIpc) is 2.62. The van der Waals surface area contributed by atoms with Crippen LogP contribution in [0, 0.1) is 3.57 Å². The van der Waals surface area contributed by atoms with Crippen LogP contribution in [-0.2, 0) is 0 Å².